The van der Waals surface area contributed by atoms with Crippen molar-refractivity contribution >= 4 is 0 Å². The molecule has 88 valence electrons. The zero-order chi connectivity index (χ0) is 11.8. The average molecular weight is 230 g/mol. The van der Waals surface area contributed by atoms with Crippen LogP contribution in [0.4, 0.5) is 13.2 Å². The van der Waals surface area contributed by atoms with Crippen LogP contribution < -0.4 is 11.1 Å². The molecule has 0 amide bonds. The maximum Gasteiger partial charge on any atom is 0.416 e. The lowest BCUT2D eigenvalue weighted by atomic mass is 9.90. The van der Waals surface area contributed by atoms with E-state index in [-0.39, 0.29) is 12.0 Å². The molecule has 0 radical (unpaired) electrons. The molecule has 2 rings (SSSR count). The van der Waals surface area contributed by atoms with Crippen molar-refractivity contribution in [1.29, 1.82) is 0 Å². The summed E-state index contributed by atoms with van der Waals surface area (Å²) in [5.74, 6) is -0.252. The molecule has 1 aliphatic rings. The van der Waals surface area contributed by atoms with Gasteiger partial charge < -0.3 is 11.1 Å². The Morgan fingerprint density at radius 1 is 1.19 bits per heavy atom. The van der Waals surface area contributed by atoms with Gasteiger partial charge in [0.2, 0.25) is 0 Å². The molecule has 1 fully saturated rings. The van der Waals surface area contributed by atoms with E-state index in [2.05, 4.69) is 5.32 Å². The van der Waals surface area contributed by atoms with E-state index in [9.17, 15) is 13.2 Å². The molecular formula is C11H13F3N2. The van der Waals surface area contributed by atoms with Crippen molar-refractivity contribution in [1.82, 2.24) is 5.32 Å². The first kappa shape index (κ1) is 11.4. The Labute approximate surface area is 91.6 Å². The third kappa shape index (κ3) is 2.05. The van der Waals surface area contributed by atoms with Crippen LogP contribution in [0, 0.1) is 0 Å². The van der Waals surface area contributed by atoms with Gasteiger partial charge in [-0.2, -0.15) is 13.2 Å². The normalized spacial score (nSPS) is 26.0. The summed E-state index contributed by atoms with van der Waals surface area (Å²) >= 11 is 0. The van der Waals surface area contributed by atoms with Crippen LogP contribution in [0.5, 0.6) is 0 Å². The van der Waals surface area contributed by atoms with Crippen molar-refractivity contribution in [2.45, 2.75) is 18.1 Å². The lowest BCUT2D eigenvalue weighted by Crippen LogP contribution is -2.28. The van der Waals surface area contributed by atoms with Crippen molar-refractivity contribution in [3.63, 3.8) is 0 Å². The minimum absolute atomic E-state index is 0.247. The number of hydrogen-bond acceptors (Lipinski definition) is 2. The summed E-state index contributed by atoms with van der Waals surface area (Å²) in [5.41, 5.74) is 5.52. The number of alkyl halides is 3. The van der Waals surface area contributed by atoms with Crippen LogP contribution in [0.3, 0.4) is 0 Å². The summed E-state index contributed by atoms with van der Waals surface area (Å²) < 4.78 is 38.3. The van der Waals surface area contributed by atoms with E-state index in [1.807, 2.05) is 0 Å². The molecular weight excluding hydrogens is 217 g/mol. The van der Waals surface area contributed by atoms with Gasteiger partial charge in [0.15, 0.2) is 0 Å². The number of nitrogens with one attached hydrogen (secondary N) is 1. The number of nitrogens with two attached hydrogens (primary N) is 1. The van der Waals surface area contributed by atoms with Crippen LogP contribution in [-0.4, -0.2) is 19.1 Å². The predicted octanol–water partition coefficient (Wildman–Crippen LogP) is 1.72. The molecule has 2 atom stereocenters. The molecule has 16 heavy (non-hydrogen) atoms. The summed E-state index contributed by atoms with van der Waals surface area (Å²) in [6.07, 6.45) is -4.31. The Kier molecular flexibility index (Phi) is 2.90. The van der Waals surface area contributed by atoms with E-state index < -0.39 is 11.7 Å². The van der Waals surface area contributed by atoms with Gasteiger partial charge >= 0.3 is 6.18 Å². The van der Waals surface area contributed by atoms with Gasteiger partial charge in [-0.15, -0.1) is 0 Å². The van der Waals surface area contributed by atoms with E-state index in [1.165, 1.54) is 12.1 Å². The fourth-order valence-corrected chi connectivity index (χ4v) is 2.12. The highest BCUT2D eigenvalue weighted by atomic mass is 19.4. The highest BCUT2D eigenvalue weighted by Gasteiger charge is 2.37. The lowest BCUT2D eigenvalue weighted by Gasteiger charge is -2.19. The van der Waals surface area contributed by atoms with Crippen molar-refractivity contribution in [3.05, 3.63) is 35.4 Å². The molecule has 2 nitrogen and oxygen atoms in total. The summed E-state index contributed by atoms with van der Waals surface area (Å²) in [6.45, 7) is 1.07. The Bertz CT molecular complexity index is 376. The maximum atomic E-state index is 12.8. The molecule has 1 aromatic carbocycles. The van der Waals surface area contributed by atoms with Crippen LogP contribution in [-0.2, 0) is 6.18 Å². The van der Waals surface area contributed by atoms with Gasteiger partial charge in [-0.05, 0) is 11.6 Å². The van der Waals surface area contributed by atoms with E-state index in [4.69, 9.17) is 5.73 Å². The van der Waals surface area contributed by atoms with E-state index >= 15 is 0 Å². The van der Waals surface area contributed by atoms with Gasteiger partial charge in [-0.3, -0.25) is 0 Å². The Morgan fingerprint density at radius 2 is 1.88 bits per heavy atom. The van der Waals surface area contributed by atoms with Crippen molar-refractivity contribution in [2.24, 2.45) is 5.73 Å². The quantitative estimate of drug-likeness (QED) is 0.771. The zero-order valence-electron chi connectivity index (χ0n) is 8.59. The molecule has 0 aliphatic carbocycles. The topological polar surface area (TPSA) is 38.0 Å². The molecule has 1 aliphatic heterocycles. The molecule has 1 aromatic rings. The maximum absolute atomic E-state index is 12.8. The second-order valence-corrected chi connectivity index (χ2v) is 4.01. The van der Waals surface area contributed by atoms with Crippen LogP contribution in [0.1, 0.15) is 17.0 Å². The molecule has 0 unspecified atom stereocenters. The van der Waals surface area contributed by atoms with Gasteiger partial charge in [0.1, 0.15) is 0 Å². The first-order chi connectivity index (χ1) is 7.50. The van der Waals surface area contributed by atoms with E-state index in [1.54, 1.807) is 6.07 Å². The number of hydrogen-bond donors (Lipinski definition) is 2. The molecule has 3 N–H and O–H groups in total. The smallest absolute Gasteiger partial charge is 0.326 e. The van der Waals surface area contributed by atoms with Crippen LogP contribution in [0.2, 0.25) is 0 Å². The summed E-state index contributed by atoms with van der Waals surface area (Å²) in [4.78, 5) is 0. The fourth-order valence-electron chi connectivity index (χ4n) is 2.12. The monoisotopic (exact) mass is 230 g/mol. The Hall–Kier alpha value is -1.07. The summed E-state index contributed by atoms with van der Waals surface area (Å²) in [7, 11) is 0. The lowest BCUT2D eigenvalue weighted by molar-refractivity contribution is -0.138. The van der Waals surface area contributed by atoms with Crippen molar-refractivity contribution in [2.75, 3.05) is 13.1 Å². The van der Waals surface area contributed by atoms with Crippen LogP contribution in [0.15, 0.2) is 24.3 Å². The first-order valence-corrected chi connectivity index (χ1v) is 5.12. The molecule has 0 saturated carbocycles. The number of halogens is 3. The van der Waals surface area contributed by atoms with Crippen molar-refractivity contribution < 1.29 is 13.2 Å². The molecule has 1 heterocycles. The summed E-state index contributed by atoms with van der Waals surface area (Å²) in [6, 6.07) is 5.40. The largest absolute Gasteiger partial charge is 0.416 e. The standard InChI is InChI=1S/C11H13F3N2/c12-11(13,14)9-4-2-1-3-7(9)8-5-16-6-10(8)15/h1-4,8,10,16H,5-6,15H2/t8-,10+/m0/s1. The zero-order valence-corrected chi connectivity index (χ0v) is 8.59. The second-order valence-electron chi connectivity index (χ2n) is 4.01. The Balaban J connectivity index is 2.40. The third-order valence-corrected chi connectivity index (χ3v) is 2.93. The van der Waals surface area contributed by atoms with E-state index in [0.717, 1.165) is 6.07 Å². The Morgan fingerprint density at radius 3 is 2.44 bits per heavy atom. The second kappa shape index (κ2) is 4.07. The van der Waals surface area contributed by atoms with Gasteiger partial charge in [0, 0.05) is 25.0 Å². The first-order valence-electron chi connectivity index (χ1n) is 5.12. The number of rotatable bonds is 1. The molecule has 0 aromatic heterocycles. The number of benzene rings is 1. The minimum Gasteiger partial charge on any atom is -0.326 e. The molecule has 0 spiro atoms. The van der Waals surface area contributed by atoms with Gasteiger partial charge in [-0.1, -0.05) is 18.2 Å². The van der Waals surface area contributed by atoms with Gasteiger partial charge in [0.25, 0.3) is 0 Å². The minimum atomic E-state index is -4.31. The molecule has 0 bridgehead atoms. The fraction of sp³-hybridized carbons (Fsp3) is 0.455. The highest BCUT2D eigenvalue weighted by molar-refractivity contribution is 5.34. The third-order valence-electron chi connectivity index (χ3n) is 2.93. The highest BCUT2D eigenvalue weighted by Crippen LogP contribution is 2.36. The molecule has 5 heteroatoms. The SMILES string of the molecule is N[C@@H]1CNC[C@H]1c1ccccc1C(F)(F)F. The average Bonchev–Trinajstić information content (AvgIpc) is 2.63. The van der Waals surface area contributed by atoms with E-state index in [0.29, 0.717) is 18.7 Å². The molecule has 1 saturated heterocycles. The summed E-state index contributed by atoms with van der Waals surface area (Å²) in [5, 5.41) is 3.01. The van der Waals surface area contributed by atoms with Crippen LogP contribution >= 0.6 is 0 Å². The van der Waals surface area contributed by atoms with Crippen LogP contribution in [0.25, 0.3) is 0 Å². The van der Waals surface area contributed by atoms with Gasteiger partial charge in [0.05, 0.1) is 5.56 Å². The van der Waals surface area contributed by atoms with Gasteiger partial charge in [-0.25, -0.2) is 0 Å². The predicted molar refractivity (Wildman–Crippen MR) is 55.0 cm³/mol. The van der Waals surface area contributed by atoms with Crippen molar-refractivity contribution in [3.8, 4) is 0 Å².